The predicted molar refractivity (Wildman–Crippen MR) is 99.7 cm³/mol. The second-order valence-corrected chi connectivity index (χ2v) is 6.80. The van der Waals surface area contributed by atoms with Crippen molar-refractivity contribution in [1.29, 1.82) is 0 Å². The van der Waals surface area contributed by atoms with Crippen molar-refractivity contribution in [3.05, 3.63) is 59.7 Å². The Balaban J connectivity index is 1.33. The van der Waals surface area contributed by atoms with Gasteiger partial charge in [-0.3, -0.25) is 19.3 Å². The minimum Gasteiger partial charge on any atom is -0.492 e. The summed E-state index contributed by atoms with van der Waals surface area (Å²) in [6, 6.07) is 13.9. The molecule has 2 aromatic rings. The number of anilines is 1. The summed E-state index contributed by atoms with van der Waals surface area (Å²) in [6.45, 7) is 0.358. The van der Waals surface area contributed by atoms with Gasteiger partial charge in [0, 0.05) is 17.7 Å². The first-order chi connectivity index (χ1) is 13.1. The van der Waals surface area contributed by atoms with Crippen molar-refractivity contribution in [3.8, 4) is 5.75 Å². The van der Waals surface area contributed by atoms with Crippen LogP contribution in [0, 0.1) is 5.92 Å². The third-order valence-corrected chi connectivity index (χ3v) is 5.04. The van der Waals surface area contributed by atoms with Gasteiger partial charge in [0.2, 0.25) is 5.91 Å². The molecule has 0 aromatic heterocycles. The number of nitrogens with one attached hydrogen (secondary N) is 1. The molecule has 6 nitrogen and oxygen atoms in total. The number of rotatable bonds is 6. The summed E-state index contributed by atoms with van der Waals surface area (Å²) in [5, 5.41) is 2.90. The molecule has 0 saturated heterocycles. The van der Waals surface area contributed by atoms with Crippen LogP contribution in [0.5, 0.6) is 5.75 Å². The number of hydrogen-bond donors (Lipinski definition) is 1. The van der Waals surface area contributed by atoms with Crippen LogP contribution in [0.3, 0.4) is 0 Å². The largest absolute Gasteiger partial charge is 0.492 e. The molecule has 0 unspecified atom stereocenters. The molecule has 0 radical (unpaired) electrons. The molecule has 0 bridgehead atoms. The van der Waals surface area contributed by atoms with Crippen LogP contribution in [0.4, 0.5) is 5.69 Å². The molecule has 4 rings (SSSR count). The van der Waals surface area contributed by atoms with Gasteiger partial charge in [-0.05, 0) is 37.1 Å². The van der Waals surface area contributed by atoms with E-state index in [1.54, 1.807) is 42.5 Å². The quantitative estimate of drug-likeness (QED) is 0.799. The number of benzene rings is 2. The van der Waals surface area contributed by atoms with Crippen LogP contribution < -0.4 is 10.1 Å². The van der Waals surface area contributed by atoms with Crippen LogP contribution in [-0.2, 0) is 4.79 Å². The van der Waals surface area contributed by atoms with Gasteiger partial charge in [-0.2, -0.15) is 0 Å². The van der Waals surface area contributed by atoms with Crippen molar-refractivity contribution in [2.75, 3.05) is 18.5 Å². The van der Waals surface area contributed by atoms with E-state index in [0.29, 0.717) is 22.6 Å². The van der Waals surface area contributed by atoms with Gasteiger partial charge in [0.25, 0.3) is 11.8 Å². The van der Waals surface area contributed by atoms with Crippen molar-refractivity contribution in [3.63, 3.8) is 0 Å². The lowest BCUT2D eigenvalue weighted by molar-refractivity contribution is -0.122. The van der Waals surface area contributed by atoms with Crippen molar-refractivity contribution >= 4 is 23.4 Å². The van der Waals surface area contributed by atoms with Crippen LogP contribution in [0.25, 0.3) is 0 Å². The van der Waals surface area contributed by atoms with Crippen molar-refractivity contribution in [2.45, 2.75) is 19.3 Å². The van der Waals surface area contributed by atoms with E-state index in [2.05, 4.69) is 5.32 Å². The molecule has 0 atom stereocenters. The molecule has 3 amide bonds. The average Bonchev–Trinajstić information content (AvgIpc) is 2.86. The third-order valence-electron chi connectivity index (χ3n) is 5.04. The summed E-state index contributed by atoms with van der Waals surface area (Å²) in [4.78, 5) is 37.9. The minimum atomic E-state index is -0.291. The maximum Gasteiger partial charge on any atom is 0.261 e. The third kappa shape index (κ3) is 3.43. The fourth-order valence-electron chi connectivity index (χ4n) is 3.28. The lowest BCUT2D eigenvalue weighted by atomic mass is 9.85. The molecule has 2 aliphatic rings. The van der Waals surface area contributed by atoms with Gasteiger partial charge in [-0.15, -0.1) is 0 Å². The van der Waals surface area contributed by atoms with Gasteiger partial charge >= 0.3 is 0 Å². The zero-order valence-corrected chi connectivity index (χ0v) is 14.8. The Morgan fingerprint density at radius 3 is 2.37 bits per heavy atom. The fraction of sp³-hybridized carbons (Fsp3) is 0.286. The highest BCUT2D eigenvalue weighted by molar-refractivity contribution is 6.21. The standard InChI is InChI=1S/C21H20N2O4/c24-19(14-5-3-6-14)22-15-7-4-8-16(13-15)27-12-11-23-20(25)17-9-1-2-10-18(17)21(23)26/h1-2,4,7-10,13-14H,3,5-6,11-12H2,(H,22,24). The van der Waals surface area contributed by atoms with E-state index in [9.17, 15) is 14.4 Å². The normalized spacial score (nSPS) is 16.1. The molecule has 2 aromatic carbocycles. The van der Waals surface area contributed by atoms with Gasteiger partial charge in [-0.25, -0.2) is 0 Å². The summed E-state index contributed by atoms with van der Waals surface area (Å²) in [7, 11) is 0. The number of imide groups is 1. The maximum absolute atomic E-state index is 12.3. The zero-order valence-electron chi connectivity index (χ0n) is 14.8. The highest BCUT2D eigenvalue weighted by Crippen LogP contribution is 2.28. The molecule has 1 N–H and O–H groups in total. The molecule has 0 spiro atoms. The number of carbonyl (C=O) groups is 3. The smallest absolute Gasteiger partial charge is 0.261 e. The molecule has 27 heavy (non-hydrogen) atoms. The first-order valence-electron chi connectivity index (χ1n) is 9.12. The first-order valence-corrected chi connectivity index (χ1v) is 9.12. The van der Waals surface area contributed by atoms with Gasteiger partial charge in [0.05, 0.1) is 17.7 Å². The molecule has 6 heteroatoms. The van der Waals surface area contributed by atoms with Crippen LogP contribution in [0.15, 0.2) is 48.5 Å². The lowest BCUT2D eigenvalue weighted by Gasteiger charge is -2.24. The minimum absolute atomic E-state index is 0.0458. The summed E-state index contributed by atoms with van der Waals surface area (Å²) >= 11 is 0. The fourth-order valence-corrected chi connectivity index (χ4v) is 3.28. The van der Waals surface area contributed by atoms with Crippen molar-refractivity contribution in [2.24, 2.45) is 5.92 Å². The zero-order chi connectivity index (χ0) is 18.8. The number of fused-ring (bicyclic) bond motifs is 1. The van der Waals surface area contributed by atoms with Crippen molar-refractivity contribution in [1.82, 2.24) is 4.90 Å². The lowest BCUT2D eigenvalue weighted by Crippen LogP contribution is -2.33. The molecular formula is C21H20N2O4. The molecule has 1 aliphatic carbocycles. The Kier molecular flexibility index (Phi) is 4.62. The average molecular weight is 364 g/mol. The Labute approximate surface area is 157 Å². The number of carbonyl (C=O) groups excluding carboxylic acids is 3. The van der Waals surface area contributed by atoms with Crippen LogP contribution in [-0.4, -0.2) is 35.8 Å². The predicted octanol–water partition coefficient (Wildman–Crippen LogP) is 3.10. The van der Waals surface area contributed by atoms with E-state index < -0.39 is 0 Å². The second kappa shape index (κ2) is 7.23. The monoisotopic (exact) mass is 364 g/mol. The second-order valence-electron chi connectivity index (χ2n) is 6.80. The molecule has 138 valence electrons. The summed E-state index contributed by atoms with van der Waals surface area (Å²) < 4.78 is 5.69. The van der Waals surface area contributed by atoms with E-state index in [0.717, 1.165) is 19.3 Å². The van der Waals surface area contributed by atoms with Gasteiger partial charge in [0.15, 0.2) is 0 Å². The van der Waals surface area contributed by atoms with E-state index in [1.165, 1.54) is 4.90 Å². The van der Waals surface area contributed by atoms with Gasteiger partial charge in [-0.1, -0.05) is 24.6 Å². The summed E-state index contributed by atoms with van der Waals surface area (Å²) in [5.74, 6) is 0.160. The Bertz CT molecular complexity index is 870. The Morgan fingerprint density at radius 2 is 1.74 bits per heavy atom. The highest BCUT2D eigenvalue weighted by Gasteiger charge is 2.34. The number of ether oxygens (including phenoxy) is 1. The van der Waals surface area contributed by atoms with Gasteiger partial charge in [0.1, 0.15) is 12.4 Å². The molecular weight excluding hydrogens is 344 g/mol. The van der Waals surface area contributed by atoms with E-state index in [-0.39, 0.29) is 36.8 Å². The van der Waals surface area contributed by atoms with E-state index in [4.69, 9.17) is 4.74 Å². The SMILES string of the molecule is O=C(Nc1cccc(OCCN2C(=O)c3ccccc3C2=O)c1)C1CCC1. The summed E-state index contributed by atoms with van der Waals surface area (Å²) in [6.07, 6.45) is 3.00. The number of hydrogen-bond acceptors (Lipinski definition) is 4. The number of amides is 3. The van der Waals surface area contributed by atoms with E-state index >= 15 is 0 Å². The maximum atomic E-state index is 12.3. The Morgan fingerprint density at radius 1 is 1.04 bits per heavy atom. The topological polar surface area (TPSA) is 75.7 Å². The van der Waals surface area contributed by atoms with E-state index in [1.807, 2.05) is 6.07 Å². The highest BCUT2D eigenvalue weighted by atomic mass is 16.5. The number of nitrogens with zero attached hydrogens (tertiary/aromatic N) is 1. The van der Waals surface area contributed by atoms with Crippen LogP contribution in [0.2, 0.25) is 0 Å². The first kappa shape index (κ1) is 17.3. The Hall–Kier alpha value is -3.15. The molecule has 1 saturated carbocycles. The van der Waals surface area contributed by atoms with Crippen LogP contribution in [0.1, 0.15) is 40.0 Å². The van der Waals surface area contributed by atoms with Gasteiger partial charge < -0.3 is 10.1 Å². The molecule has 1 fully saturated rings. The van der Waals surface area contributed by atoms with Crippen LogP contribution >= 0.6 is 0 Å². The molecule has 1 aliphatic heterocycles. The summed E-state index contributed by atoms with van der Waals surface area (Å²) in [5.41, 5.74) is 1.55. The van der Waals surface area contributed by atoms with Crippen molar-refractivity contribution < 1.29 is 19.1 Å². The molecule has 1 heterocycles.